The fourth-order valence-electron chi connectivity index (χ4n) is 2.54. The van der Waals surface area contributed by atoms with Gasteiger partial charge in [0.15, 0.2) is 11.5 Å². The Morgan fingerprint density at radius 2 is 1.85 bits per heavy atom. The van der Waals surface area contributed by atoms with Crippen LogP contribution in [0.5, 0.6) is 11.6 Å². The van der Waals surface area contributed by atoms with Crippen molar-refractivity contribution >= 4 is 16.9 Å². The molecule has 0 unspecified atom stereocenters. The van der Waals surface area contributed by atoms with Crippen molar-refractivity contribution in [3.63, 3.8) is 0 Å². The molecule has 0 radical (unpaired) electrons. The summed E-state index contributed by atoms with van der Waals surface area (Å²) in [7, 11) is 0. The second-order valence-corrected chi connectivity index (χ2v) is 5.63. The number of ketones is 1. The van der Waals surface area contributed by atoms with Crippen molar-refractivity contribution in [2.24, 2.45) is 0 Å². The number of carbonyl (C=O) groups excluding carboxylic acids is 1. The van der Waals surface area contributed by atoms with Crippen LogP contribution in [0.25, 0.3) is 11.2 Å². The topological polar surface area (TPSA) is 83.7 Å². The standard InChI is InChI=1S/C18H11F3N4O2/c19-18(20,21)12-7-9-23-17(12)27-11-5-3-10(4-6-11)14(26)16-24-13-2-1-8-22-15(13)25-16/h1-9,23H,(H,22,24,25). The molecule has 27 heavy (non-hydrogen) atoms. The molecule has 0 amide bonds. The van der Waals surface area contributed by atoms with E-state index in [-0.39, 0.29) is 17.4 Å². The molecular weight excluding hydrogens is 361 g/mol. The van der Waals surface area contributed by atoms with Crippen LogP contribution in [-0.4, -0.2) is 25.7 Å². The van der Waals surface area contributed by atoms with Crippen molar-refractivity contribution in [2.75, 3.05) is 0 Å². The Balaban J connectivity index is 1.55. The van der Waals surface area contributed by atoms with Gasteiger partial charge >= 0.3 is 6.18 Å². The molecule has 136 valence electrons. The first-order valence-corrected chi connectivity index (χ1v) is 7.80. The maximum absolute atomic E-state index is 12.9. The normalized spacial score (nSPS) is 11.7. The molecule has 4 rings (SSSR count). The molecular formula is C18H11F3N4O2. The summed E-state index contributed by atoms with van der Waals surface area (Å²) in [6, 6.07) is 10.1. The number of imidazole rings is 1. The second-order valence-electron chi connectivity index (χ2n) is 5.63. The van der Waals surface area contributed by atoms with Gasteiger partial charge in [-0.3, -0.25) is 4.79 Å². The van der Waals surface area contributed by atoms with Gasteiger partial charge in [0.1, 0.15) is 11.3 Å². The van der Waals surface area contributed by atoms with Gasteiger partial charge in [0.2, 0.25) is 11.7 Å². The van der Waals surface area contributed by atoms with Gasteiger partial charge in [-0.1, -0.05) is 0 Å². The molecule has 0 saturated heterocycles. The van der Waals surface area contributed by atoms with Crippen LogP contribution in [0.15, 0.2) is 54.9 Å². The molecule has 9 heteroatoms. The lowest BCUT2D eigenvalue weighted by Gasteiger charge is -2.09. The van der Waals surface area contributed by atoms with Crippen LogP contribution in [0, 0.1) is 0 Å². The molecule has 3 heterocycles. The summed E-state index contributed by atoms with van der Waals surface area (Å²) in [5, 5.41) is 0. The fraction of sp³-hybridized carbons (Fsp3) is 0.0556. The lowest BCUT2D eigenvalue weighted by atomic mass is 10.1. The number of H-pyrrole nitrogens is 2. The average molecular weight is 372 g/mol. The SMILES string of the molecule is O=C(c1ccc(Oc2[nH]ccc2C(F)(F)F)cc1)c1nc2ncccc2[nH]1. The molecule has 0 aliphatic carbocycles. The van der Waals surface area contributed by atoms with E-state index < -0.39 is 17.6 Å². The Bertz CT molecular complexity index is 1080. The highest BCUT2D eigenvalue weighted by Gasteiger charge is 2.35. The van der Waals surface area contributed by atoms with Crippen LogP contribution in [0.2, 0.25) is 0 Å². The van der Waals surface area contributed by atoms with Gasteiger partial charge in [-0.05, 0) is 42.5 Å². The minimum Gasteiger partial charge on any atom is -0.440 e. The smallest absolute Gasteiger partial charge is 0.421 e. The van der Waals surface area contributed by atoms with Gasteiger partial charge in [-0.2, -0.15) is 13.2 Å². The Hall–Kier alpha value is -3.62. The third-order valence-electron chi connectivity index (χ3n) is 3.82. The predicted molar refractivity (Wildman–Crippen MR) is 89.6 cm³/mol. The van der Waals surface area contributed by atoms with Crippen LogP contribution in [0.3, 0.4) is 0 Å². The first-order chi connectivity index (χ1) is 12.9. The lowest BCUT2D eigenvalue weighted by molar-refractivity contribution is -0.138. The average Bonchev–Trinajstić information content (AvgIpc) is 3.28. The van der Waals surface area contributed by atoms with E-state index in [0.717, 1.165) is 12.3 Å². The van der Waals surface area contributed by atoms with Crippen molar-refractivity contribution in [1.29, 1.82) is 0 Å². The third kappa shape index (κ3) is 3.26. The lowest BCUT2D eigenvalue weighted by Crippen LogP contribution is -2.05. The number of rotatable bonds is 4. The summed E-state index contributed by atoms with van der Waals surface area (Å²) >= 11 is 0. The molecule has 0 aliphatic heterocycles. The number of ether oxygens (including phenoxy) is 1. The molecule has 4 aromatic rings. The highest BCUT2D eigenvalue weighted by molar-refractivity contribution is 6.07. The largest absolute Gasteiger partial charge is 0.440 e. The van der Waals surface area contributed by atoms with Crippen molar-refractivity contribution in [3.05, 3.63) is 71.8 Å². The number of pyridine rings is 1. The zero-order valence-electron chi connectivity index (χ0n) is 13.5. The molecule has 1 aromatic carbocycles. The van der Waals surface area contributed by atoms with Gasteiger partial charge in [-0.15, -0.1) is 0 Å². The minimum atomic E-state index is -4.53. The van der Waals surface area contributed by atoms with Crippen molar-refractivity contribution < 1.29 is 22.7 Å². The van der Waals surface area contributed by atoms with Gasteiger partial charge < -0.3 is 14.7 Å². The maximum atomic E-state index is 12.9. The summed E-state index contributed by atoms with van der Waals surface area (Å²) in [6.45, 7) is 0. The number of nitrogens with one attached hydrogen (secondary N) is 2. The highest BCUT2D eigenvalue weighted by atomic mass is 19.4. The van der Waals surface area contributed by atoms with E-state index in [2.05, 4.69) is 19.9 Å². The van der Waals surface area contributed by atoms with E-state index in [1.54, 1.807) is 18.3 Å². The monoisotopic (exact) mass is 372 g/mol. The van der Waals surface area contributed by atoms with E-state index in [0.29, 0.717) is 16.7 Å². The number of alkyl halides is 3. The molecule has 3 aromatic heterocycles. The number of hydrogen-bond acceptors (Lipinski definition) is 4. The summed E-state index contributed by atoms with van der Waals surface area (Å²) < 4.78 is 43.9. The Morgan fingerprint density at radius 3 is 2.56 bits per heavy atom. The van der Waals surface area contributed by atoms with Crippen LogP contribution < -0.4 is 4.74 Å². The maximum Gasteiger partial charge on any atom is 0.421 e. The van der Waals surface area contributed by atoms with Gasteiger partial charge in [-0.25, -0.2) is 9.97 Å². The zero-order chi connectivity index (χ0) is 19.0. The molecule has 0 aliphatic rings. The predicted octanol–water partition coefficient (Wildman–Crippen LogP) is 4.33. The van der Waals surface area contributed by atoms with E-state index in [1.807, 2.05) is 0 Å². The van der Waals surface area contributed by atoms with Crippen molar-refractivity contribution in [2.45, 2.75) is 6.18 Å². The van der Waals surface area contributed by atoms with Crippen LogP contribution in [0.1, 0.15) is 21.7 Å². The summed E-state index contributed by atoms with van der Waals surface area (Å²) in [5.74, 6) is -0.493. The van der Waals surface area contributed by atoms with Crippen molar-refractivity contribution in [3.8, 4) is 11.6 Å². The molecule has 0 spiro atoms. The first kappa shape index (κ1) is 16.8. The summed E-state index contributed by atoms with van der Waals surface area (Å²) in [6.07, 6.45) is -1.81. The number of halogens is 3. The number of benzene rings is 1. The molecule has 0 saturated carbocycles. The van der Waals surface area contributed by atoms with E-state index in [9.17, 15) is 18.0 Å². The van der Waals surface area contributed by atoms with E-state index >= 15 is 0 Å². The van der Waals surface area contributed by atoms with Gasteiger partial charge in [0.25, 0.3) is 0 Å². The molecule has 0 atom stereocenters. The summed E-state index contributed by atoms with van der Waals surface area (Å²) in [5.41, 5.74) is 0.459. The third-order valence-corrected chi connectivity index (χ3v) is 3.82. The van der Waals surface area contributed by atoms with Crippen LogP contribution in [0.4, 0.5) is 13.2 Å². The first-order valence-electron chi connectivity index (χ1n) is 7.80. The van der Waals surface area contributed by atoms with E-state index in [1.165, 1.54) is 24.3 Å². The van der Waals surface area contributed by atoms with Gasteiger partial charge in [0, 0.05) is 18.0 Å². The second kappa shape index (κ2) is 6.27. The summed E-state index contributed by atoms with van der Waals surface area (Å²) in [4.78, 5) is 26.0. The van der Waals surface area contributed by atoms with Crippen LogP contribution >= 0.6 is 0 Å². The molecule has 2 N–H and O–H groups in total. The van der Waals surface area contributed by atoms with E-state index in [4.69, 9.17) is 4.74 Å². The minimum absolute atomic E-state index is 0.126. The number of fused-ring (bicyclic) bond motifs is 1. The number of hydrogen-bond donors (Lipinski definition) is 2. The number of aromatic amines is 2. The number of nitrogens with zero attached hydrogens (tertiary/aromatic N) is 2. The molecule has 6 nitrogen and oxygen atoms in total. The van der Waals surface area contributed by atoms with Gasteiger partial charge in [0.05, 0.1) is 5.52 Å². The highest BCUT2D eigenvalue weighted by Crippen LogP contribution is 2.37. The molecule has 0 fully saturated rings. The quantitative estimate of drug-likeness (QED) is 0.523. The number of carbonyl (C=O) groups is 1. The zero-order valence-corrected chi connectivity index (χ0v) is 13.5. The van der Waals surface area contributed by atoms with Crippen LogP contribution in [-0.2, 0) is 6.18 Å². The Kier molecular flexibility index (Phi) is 3.91. The molecule has 0 bridgehead atoms. The fourth-order valence-corrected chi connectivity index (χ4v) is 2.54. The van der Waals surface area contributed by atoms with Crippen molar-refractivity contribution in [1.82, 2.24) is 19.9 Å². The number of aromatic nitrogens is 4. The Morgan fingerprint density at radius 1 is 1.07 bits per heavy atom. The Labute approximate surface area is 150 Å².